The molecule has 22 heavy (non-hydrogen) atoms. The quantitative estimate of drug-likeness (QED) is 0.551. The summed E-state index contributed by atoms with van der Waals surface area (Å²) in [5, 5.41) is 0. The van der Waals surface area contributed by atoms with Crippen LogP contribution in [0.5, 0.6) is 0 Å². The Balaban J connectivity index is 0.000000189. The Kier molecular flexibility index (Phi) is 5.77. The molecule has 0 bridgehead atoms. The Morgan fingerprint density at radius 2 is 1.32 bits per heavy atom. The Bertz CT molecular complexity index is 701. The van der Waals surface area contributed by atoms with Crippen LogP contribution in [0.3, 0.4) is 0 Å². The van der Waals surface area contributed by atoms with Crippen molar-refractivity contribution in [3.63, 3.8) is 0 Å². The van der Waals surface area contributed by atoms with Gasteiger partial charge >= 0.3 is 0 Å². The van der Waals surface area contributed by atoms with Crippen molar-refractivity contribution in [2.75, 3.05) is 0 Å². The second-order valence-electron chi connectivity index (χ2n) is 5.39. The molecule has 1 aliphatic carbocycles. The Hall–Kier alpha value is -1.18. The molecule has 1 aliphatic rings. The zero-order valence-electron chi connectivity index (χ0n) is 12.9. The van der Waals surface area contributed by atoms with Crippen LogP contribution in [0.15, 0.2) is 60.8 Å². The number of H-pyrrole nitrogens is 1. The van der Waals surface area contributed by atoms with E-state index >= 15 is 0 Å². The third-order valence-electron chi connectivity index (χ3n) is 4.06. The van der Waals surface area contributed by atoms with Crippen molar-refractivity contribution in [3.8, 4) is 11.1 Å². The SMILES string of the molecule is Cc1cc[nH]c1C.[Si]C1c2ccccc2-c2ccccc21.[Zr]. The number of hydrogen-bond donors (Lipinski definition) is 1. The number of hydrogen-bond acceptors (Lipinski definition) is 0. The van der Waals surface area contributed by atoms with Gasteiger partial charge in [0.1, 0.15) is 0 Å². The van der Waals surface area contributed by atoms with E-state index in [1.807, 2.05) is 6.20 Å². The average molecular weight is 380 g/mol. The third kappa shape index (κ3) is 3.26. The summed E-state index contributed by atoms with van der Waals surface area (Å²) in [6.45, 7) is 4.15. The summed E-state index contributed by atoms with van der Waals surface area (Å²) in [7, 11) is 3.79. The van der Waals surface area contributed by atoms with Crippen LogP contribution in [-0.2, 0) is 26.2 Å². The van der Waals surface area contributed by atoms with E-state index in [-0.39, 0.29) is 26.2 Å². The van der Waals surface area contributed by atoms with Crippen molar-refractivity contribution in [1.29, 1.82) is 0 Å². The minimum atomic E-state index is 0. The van der Waals surface area contributed by atoms with Crippen LogP contribution >= 0.6 is 0 Å². The van der Waals surface area contributed by atoms with E-state index in [1.165, 1.54) is 33.5 Å². The van der Waals surface area contributed by atoms with Crippen molar-refractivity contribution in [1.82, 2.24) is 4.98 Å². The number of rotatable bonds is 0. The molecule has 2 aromatic carbocycles. The van der Waals surface area contributed by atoms with Gasteiger partial charge in [0.05, 0.1) is 0 Å². The van der Waals surface area contributed by atoms with E-state index in [0.717, 1.165) is 0 Å². The number of aromatic amines is 1. The van der Waals surface area contributed by atoms with Crippen molar-refractivity contribution >= 4 is 10.2 Å². The molecule has 1 nitrogen and oxygen atoms in total. The molecular formula is C19H18NSiZr. The molecule has 0 amide bonds. The molecule has 1 heterocycles. The summed E-state index contributed by atoms with van der Waals surface area (Å²) in [6, 6.07) is 19.2. The van der Waals surface area contributed by atoms with Crippen LogP contribution in [0.1, 0.15) is 27.9 Å². The number of fused-ring (bicyclic) bond motifs is 3. The fourth-order valence-electron chi connectivity index (χ4n) is 2.69. The molecule has 1 N–H and O–H groups in total. The number of benzene rings is 2. The maximum Gasteiger partial charge on any atom is 0.0397 e. The standard InChI is InChI=1S/C13H9Si.C6H9N.Zr/c14-13-11-7-3-1-5-9(11)10-6-2-4-8-12(10)13;1-5-3-4-7-6(5)2;/h1-8,13H;3-4,7H,1-2H3;. The fraction of sp³-hybridized carbons (Fsp3) is 0.158. The van der Waals surface area contributed by atoms with Crippen LogP contribution < -0.4 is 0 Å². The second kappa shape index (κ2) is 7.39. The van der Waals surface area contributed by atoms with Gasteiger partial charge in [-0.1, -0.05) is 48.5 Å². The minimum Gasteiger partial charge on any atom is -0.365 e. The first-order chi connectivity index (χ1) is 10.2. The Labute approximate surface area is 154 Å². The van der Waals surface area contributed by atoms with Crippen LogP contribution in [0.4, 0.5) is 0 Å². The van der Waals surface area contributed by atoms with Gasteiger partial charge in [-0.15, -0.1) is 0 Å². The summed E-state index contributed by atoms with van der Waals surface area (Å²) < 4.78 is 0. The number of nitrogens with one attached hydrogen (secondary N) is 1. The molecule has 107 valence electrons. The van der Waals surface area contributed by atoms with Gasteiger partial charge in [0.15, 0.2) is 0 Å². The van der Waals surface area contributed by atoms with E-state index in [4.69, 9.17) is 0 Å². The minimum absolute atomic E-state index is 0. The summed E-state index contributed by atoms with van der Waals surface area (Å²) in [5.41, 5.74) is 8.45. The van der Waals surface area contributed by atoms with E-state index in [9.17, 15) is 0 Å². The molecule has 0 atom stereocenters. The smallest absolute Gasteiger partial charge is 0.0397 e. The van der Waals surface area contributed by atoms with E-state index in [1.54, 1.807) is 0 Å². The van der Waals surface area contributed by atoms with Gasteiger partial charge in [-0.3, -0.25) is 0 Å². The first-order valence-corrected chi connectivity index (χ1v) is 7.76. The first-order valence-electron chi connectivity index (χ1n) is 7.18. The average Bonchev–Trinajstić information content (AvgIpc) is 3.03. The molecule has 1 aromatic heterocycles. The van der Waals surface area contributed by atoms with Gasteiger partial charge in [0.2, 0.25) is 0 Å². The zero-order valence-corrected chi connectivity index (χ0v) is 16.3. The van der Waals surface area contributed by atoms with Gasteiger partial charge in [-0.2, -0.15) is 0 Å². The van der Waals surface area contributed by atoms with Crippen molar-refractivity contribution in [2.24, 2.45) is 0 Å². The Morgan fingerprint density at radius 3 is 1.68 bits per heavy atom. The van der Waals surface area contributed by atoms with Gasteiger partial charge in [-0.05, 0) is 53.3 Å². The molecule has 3 heteroatoms. The molecule has 0 fully saturated rings. The van der Waals surface area contributed by atoms with Crippen LogP contribution in [0.25, 0.3) is 11.1 Å². The summed E-state index contributed by atoms with van der Waals surface area (Å²) in [5.74, 6) is 0. The fourth-order valence-corrected chi connectivity index (χ4v) is 3.19. The van der Waals surface area contributed by atoms with Crippen LogP contribution in [0, 0.1) is 13.8 Å². The van der Waals surface area contributed by atoms with Crippen molar-refractivity contribution < 1.29 is 26.2 Å². The van der Waals surface area contributed by atoms with Gasteiger partial charge in [-0.25, -0.2) is 0 Å². The summed E-state index contributed by atoms with van der Waals surface area (Å²) in [4.78, 5) is 3.07. The summed E-state index contributed by atoms with van der Waals surface area (Å²) >= 11 is 0. The monoisotopic (exact) mass is 378 g/mol. The topological polar surface area (TPSA) is 15.8 Å². The normalized spacial score (nSPS) is 11.8. The largest absolute Gasteiger partial charge is 0.365 e. The van der Waals surface area contributed by atoms with E-state index in [0.29, 0.717) is 5.54 Å². The predicted octanol–water partition coefficient (Wildman–Crippen LogP) is 4.55. The molecule has 0 saturated heterocycles. The molecular weight excluding hydrogens is 362 g/mol. The molecule has 0 unspecified atom stereocenters. The maximum atomic E-state index is 3.79. The van der Waals surface area contributed by atoms with Gasteiger partial charge < -0.3 is 4.98 Å². The van der Waals surface area contributed by atoms with Crippen LogP contribution in [0.2, 0.25) is 0 Å². The van der Waals surface area contributed by atoms with E-state index < -0.39 is 0 Å². The van der Waals surface area contributed by atoms with Crippen LogP contribution in [-0.4, -0.2) is 15.2 Å². The summed E-state index contributed by atoms with van der Waals surface area (Å²) in [6.07, 6.45) is 1.95. The first kappa shape index (κ1) is 17.2. The molecule has 3 aromatic rings. The molecule has 0 saturated carbocycles. The zero-order chi connectivity index (χ0) is 14.8. The molecule has 3 radical (unpaired) electrons. The van der Waals surface area contributed by atoms with Gasteiger partial charge in [0.25, 0.3) is 0 Å². The number of aromatic nitrogens is 1. The number of aryl methyl sites for hydroxylation is 2. The molecule has 0 aliphatic heterocycles. The Morgan fingerprint density at radius 1 is 0.818 bits per heavy atom. The predicted molar refractivity (Wildman–Crippen MR) is 89.7 cm³/mol. The van der Waals surface area contributed by atoms with Crippen molar-refractivity contribution in [2.45, 2.75) is 19.4 Å². The van der Waals surface area contributed by atoms with E-state index in [2.05, 4.69) is 83.7 Å². The maximum absolute atomic E-state index is 3.79. The second-order valence-corrected chi connectivity index (χ2v) is 5.97. The third-order valence-corrected chi connectivity index (χ3v) is 4.68. The van der Waals surface area contributed by atoms with Crippen molar-refractivity contribution in [3.05, 3.63) is 83.2 Å². The molecule has 0 spiro atoms. The molecule has 4 rings (SSSR count). The van der Waals surface area contributed by atoms with Gasteiger partial charge in [0, 0.05) is 48.3 Å².